The lowest BCUT2D eigenvalue weighted by Crippen LogP contribution is -2.29. The number of anilines is 2. The standard InChI is InChI=1S/C20H20N4O2S3/c1-13-10-12-28-19(13)18-17(16-5-3-4-11-21-16)22-20(27)24(18)15-8-6-14(7-9-15)23-29(2,25)26/h3-12,17-18,23H,1-2H3,(H,22,27). The lowest BCUT2D eigenvalue weighted by molar-refractivity contribution is 0.573. The molecule has 1 fully saturated rings. The van der Waals surface area contributed by atoms with Crippen LogP contribution in [0.3, 0.4) is 0 Å². The minimum absolute atomic E-state index is 0.0499. The molecule has 1 saturated heterocycles. The van der Waals surface area contributed by atoms with Crippen LogP contribution in [0, 0.1) is 6.92 Å². The van der Waals surface area contributed by atoms with Crippen molar-refractivity contribution in [1.82, 2.24) is 10.3 Å². The molecule has 2 aromatic heterocycles. The van der Waals surface area contributed by atoms with Crippen molar-refractivity contribution in [3.63, 3.8) is 0 Å². The quantitative estimate of drug-likeness (QED) is 0.580. The number of thiophene rings is 1. The Morgan fingerprint density at radius 3 is 2.52 bits per heavy atom. The van der Waals surface area contributed by atoms with Crippen molar-refractivity contribution in [2.24, 2.45) is 0 Å². The van der Waals surface area contributed by atoms with Crippen LogP contribution in [0.2, 0.25) is 0 Å². The summed E-state index contributed by atoms with van der Waals surface area (Å²) in [6, 6.07) is 15.1. The number of sulfonamides is 1. The first-order chi connectivity index (χ1) is 13.8. The third kappa shape index (κ3) is 4.12. The van der Waals surface area contributed by atoms with Gasteiger partial charge < -0.3 is 10.2 Å². The van der Waals surface area contributed by atoms with Crippen molar-refractivity contribution in [3.8, 4) is 0 Å². The first-order valence-corrected chi connectivity index (χ1v) is 12.1. The van der Waals surface area contributed by atoms with Crippen LogP contribution < -0.4 is 14.9 Å². The highest BCUT2D eigenvalue weighted by Gasteiger charge is 2.41. The molecule has 0 amide bonds. The van der Waals surface area contributed by atoms with Crippen LogP contribution in [0.25, 0.3) is 0 Å². The smallest absolute Gasteiger partial charge is 0.229 e. The molecule has 0 aliphatic carbocycles. The molecule has 29 heavy (non-hydrogen) atoms. The molecule has 9 heteroatoms. The van der Waals surface area contributed by atoms with Crippen LogP contribution in [-0.4, -0.2) is 24.8 Å². The molecule has 0 spiro atoms. The lowest BCUT2D eigenvalue weighted by Gasteiger charge is -2.27. The van der Waals surface area contributed by atoms with Gasteiger partial charge in [0.05, 0.1) is 24.0 Å². The van der Waals surface area contributed by atoms with Crippen LogP contribution >= 0.6 is 23.6 Å². The Kier molecular flexibility index (Phi) is 5.28. The van der Waals surface area contributed by atoms with E-state index < -0.39 is 10.0 Å². The summed E-state index contributed by atoms with van der Waals surface area (Å²) < 4.78 is 25.5. The highest BCUT2D eigenvalue weighted by atomic mass is 32.2. The molecule has 1 aromatic carbocycles. The molecule has 2 N–H and O–H groups in total. The molecule has 3 heterocycles. The molecule has 1 aliphatic rings. The van der Waals surface area contributed by atoms with E-state index in [0.717, 1.165) is 17.6 Å². The Morgan fingerprint density at radius 1 is 1.17 bits per heavy atom. The Bertz CT molecular complexity index is 1130. The van der Waals surface area contributed by atoms with Crippen LogP contribution in [0.1, 0.15) is 28.2 Å². The number of hydrogen-bond acceptors (Lipinski definition) is 5. The van der Waals surface area contributed by atoms with Gasteiger partial charge in [-0.1, -0.05) is 6.07 Å². The highest BCUT2D eigenvalue weighted by molar-refractivity contribution is 7.92. The number of aromatic nitrogens is 1. The number of nitrogens with zero attached hydrogens (tertiary/aromatic N) is 2. The summed E-state index contributed by atoms with van der Waals surface area (Å²) in [5, 5.41) is 6.12. The molecule has 1 aliphatic heterocycles. The van der Waals surface area contributed by atoms with Gasteiger partial charge in [-0.25, -0.2) is 8.42 Å². The second-order valence-electron chi connectivity index (χ2n) is 6.89. The number of pyridine rings is 1. The minimum Gasteiger partial charge on any atom is -0.351 e. The van der Waals surface area contributed by atoms with Gasteiger partial charge in [0.1, 0.15) is 0 Å². The molecule has 4 rings (SSSR count). The van der Waals surface area contributed by atoms with E-state index in [1.165, 1.54) is 10.4 Å². The molecule has 0 radical (unpaired) electrons. The molecule has 2 atom stereocenters. The van der Waals surface area contributed by atoms with Crippen molar-refractivity contribution < 1.29 is 8.42 Å². The average molecular weight is 445 g/mol. The topological polar surface area (TPSA) is 74.3 Å². The zero-order valence-corrected chi connectivity index (χ0v) is 18.3. The van der Waals surface area contributed by atoms with Gasteiger partial charge in [-0.3, -0.25) is 9.71 Å². The van der Waals surface area contributed by atoms with Crippen molar-refractivity contribution in [2.75, 3.05) is 15.9 Å². The number of hydrogen-bond donors (Lipinski definition) is 2. The SMILES string of the molecule is Cc1ccsc1C1C(c2ccccn2)NC(=S)N1c1ccc(NS(C)(=O)=O)cc1. The van der Waals surface area contributed by atoms with E-state index in [4.69, 9.17) is 12.2 Å². The van der Waals surface area contributed by atoms with Gasteiger partial charge in [-0.15, -0.1) is 11.3 Å². The van der Waals surface area contributed by atoms with Gasteiger partial charge >= 0.3 is 0 Å². The third-order valence-electron chi connectivity index (χ3n) is 4.72. The van der Waals surface area contributed by atoms with Crippen molar-refractivity contribution >= 4 is 50.1 Å². The number of benzene rings is 1. The first-order valence-electron chi connectivity index (χ1n) is 8.96. The average Bonchev–Trinajstić information content (AvgIpc) is 3.24. The van der Waals surface area contributed by atoms with E-state index in [-0.39, 0.29) is 12.1 Å². The molecule has 6 nitrogen and oxygen atoms in total. The molecular weight excluding hydrogens is 424 g/mol. The molecular formula is C20H20N4O2S3. The zero-order chi connectivity index (χ0) is 20.6. The maximum Gasteiger partial charge on any atom is 0.229 e. The van der Waals surface area contributed by atoms with E-state index >= 15 is 0 Å². The fraction of sp³-hybridized carbons (Fsp3) is 0.200. The number of rotatable bonds is 5. The normalized spacial score (nSPS) is 19.2. The molecule has 0 saturated carbocycles. The van der Waals surface area contributed by atoms with Crippen molar-refractivity contribution in [3.05, 3.63) is 76.2 Å². The lowest BCUT2D eigenvalue weighted by atomic mass is 10.0. The van der Waals surface area contributed by atoms with E-state index in [9.17, 15) is 8.42 Å². The van der Waals surface area contributed by atoms with Gasteiger partial charge in [-0.05, 0) is 72.5 Å². The van der Waals surface area contributed by atoms with Crippen LogP contribution in [0.4, 0.5) is 11.4 Å². The van der Waals surface area contributed by atoms with E-state index in [0.29, 0.717) is 10.8 Å². The minimum atomic E-state index is -3.32. The fourth-order valence-electron chi connectivity index (χ4n) is 3.49. The van der Waals surface area contributed by atoms with Crippen molar-refractivity contribution in [2.45, 2.75) is 19.0 Å². The predicted octanol–water partition coefficient (Wildman–Crippen LogP) is 4.00. The maximum atomic E-state index is 11.5. The highest BCUT2D eigenvalue weighted by Crippen LogP contribution is 2.44. The van der Waals surface area contributed by atoms with Crippen LogP contribution in [0.5, 0.6) is 0 Å². The maximum absolute atomic E-state index is 11.5. The molecule has 0 bridgehead atoms. The summed E-state index contributed by atoms with van der Waals surface area (Å²) in [6.45, 7) is 2.10. The first kappa shape index (κ1) is 19.8. The summed E-state index contributed by atoms with van der Waals surface area (Å²) >= 11 is 7.39. The zero-order valence-electron chi connectivity index (χ0n) is 15.9. The summed E-state index contributed by atoms with van der Waals surface area (Å²) in [4.78, 5) is 7.84. The molecule has 150 valence electrons. The van der Waals surface area contributed by atoms with E-state index in [1.807, 2.05) is 30.3 Å². The fourth-order valence-corrected chi connectivity index (χ4v) is 5.45. The molecule has 2 unspecified atom stereocenters. The third-order valence-corrected chi connectivity index (χ3v) is 6.73. The Hall–Kier alpha value is -2.49. The number of nitrogens with one attached hydrogen (secondary N) is 2. The summed E-state index contributed by atoms with van der Waals surface area (Å²) in [5.74, 6) is 0. The monoisotopic (exact) mass is 444 g/mol. The Morgan fingerprint density at radius 2 is 1.93 bits per heavy atom. The summed E-state index contributed by atoms with van der Waals surface area (Å²) in [5.41, 5.74) is 3.52. The number of aryl methyl sites for hydroxylation is 1. The predicted molar refractivity (Wildman–Crippen MR) is 122 cm³/mol. The van der Waals surface area contributed by atoms with Crippen LogP contribution in [-0.2, 0) is 10.0 Å². The number of thiocarbonyl (C=S) groups is 1. The summed E-state index contributed by atoms with van der Waals surface area (Å²) in [7, 11) is -3.32. The van der Waals surface area contributed by atoms with Gasteiger partial charge in [0.15, 0.2) is 5.11 Å². The van der Waals surface area contributed by atoms with Gasteiger partial charge in [0, 0.05) is 22.4 Å². The second kappa shape index (κ2) is 7.74. The van der Waals surface area contributed by atoms with Gasteiger partial charge in [0.25, 0.3) is 0 Å². The second-order valence-corrected chi connectivity index (χ2v) is 9.97. The summed E-state index contributed by atoms with van der Waals surface area (Å²) in [6.07, 6.45) is 2.92. The molecule has 3 aromatic rings. The largest absolute Gasteiger partial charge is 0.351 e. The van der Waals surface area contributed by atoms with Crippen molar-refractivity contribution in [1.29, 1.82) is 0 Å². The van der Waals surface area contributed by atoms with E-state index in [1.54, 1.807) is 29.7 Å². The van der Waals surface area contributed by atoms with Gasteiger partial charge in [0.2, 0.25) is 10.0 Å². The Balaban J connectivity index is 1.75. The van der Waals surface area contributed by atoms with Crippen LogP contribution in [0.15, 0.2) is 60.1 Å². The Labute approximate surface area is 179 Å². The van der Waals surface area contributed by atoms with Gasteiger partial charge in [-0.2, -0.15) is 0 Å². The van der Waals surface area contributed by atoms with E-state index in [2.05, 4.69) is 38.3 Å².